The number of hydrogen-bond acceptors (Lipinski definition) is 4. The van der Waals surface area contributed by atoms with E-state index in [9.17, 15) is 9.90 Å². The smallest absolute Gasteiger partial charge is 0.341 e. The molecule has 1 aromatic rings. The zero-order chi connectivity index (χ0) is 17.9. The van der Waals surface area contributed by atoms with Gasteiger partial charge in [0.25, 0.3) is 0 Å². The fourth-order valence-electron chi connectivity index (χ4n) is 2.50. The van der Waals surface area contributed by atoms with Gasteiger partial charge in [-0.05, 0) is 55.2 Å². The molecule has 0 aromatic carbocycles. The topological polar surface area (TPSA) is 63.8 Å². The van der Waals surface area contributed by atoms with Gasteiger partial charge in [0.05, 0.1) is 17.7 Å². The van der Waals surface area contributed by atoms with Crippen LogP contribution in [-0.2, 0) is 4.74 Å². The second-order valence-corrected chi connectivity index (χ2v) is 6.71. The average molecular weight is 320 g/mol. The van der Waals surface area contributed by atoms with E-state index in [-0.39, 0.29) is 6.04 Å². The Labute approximate surface area is 138 Å². The highest BCUT2D eigenvalue weighted by atomic mass is 16.6. The molecule has 0 aliphatic heterocycles. The number of esters is 1. The van der Waals surface area contributed by atoms with Crippen LogP contribution in [0.3, 0.4) is 0 Å². The molecule has 1 rings (SSSR count). The number of nitrogens with zero attached hydrogens (tertiary/aromatic N) is 2. The van der Waals surface area contributed by atoms with E-state index in [1.54, 1.807) is 6.92 Å². The molecule has 2 atom stereocenters. The minimum absolute atomic E-state index is 0.240. The molecule has 1 heterocycles. The summed E-state index contributed by atoms with van der Waals surface area (Å²) in [5.74, 6) is 0.166. The van der Waals surface area contributed by atoms with E-state index >= 15 is 0 Å². The number of ether oxygens (including phenoxy) is 1. The lowest BCUT2D eigenvalue weighted by molar-refractivity contribution is 0.00680. The van der Waals surface area contributed by atoms with E-state index in [0.29, 0.717) is 22.6 Å². The number of aromatic nitrogens is 1. The van der Waals surface area contributed by atoms with E-state index < -0.39 is 17.7 Å². The molecule has 2 unspecified atom stereocenters. The maximum absolute atomic E-state index is 12.7. The third-order valence-corrected chi connectivity index (χ3v) is 3.65. The van der Waals surface area contributed by atoms with E-state index in [1.165, 1.54) is 0 Å². The molecular formula is C18H28N2O3. The van der Waals surface area contributed by atoms with Crippen molar-refractivity contribution in [3.63, 3.8) is 0 Å². The van der Waals surface area contributed by atoms with Gasteiger partial charge in [-0.2, -0.15) is 0 Å². The van der Waals surface area contributed by atoms with E-state index in [1.807, 2.05) is 58.3 Å². The highest BCUT2D eigenvalue weighted by Crippen LogP contribution is 2.35. The monoisotopic (exact) mass is 320 g/mol. The summed E-state index contributed by atoms with van der Waals surface area (Å²) in [5, 5.41) is 9.96. The summed E-state index contributed by atoms with van der Waals surface area (Å²) in [6.45, 7) is 16.4. The average Bonchev–Trinajstić information content (AvgIpc) is 2.68. The van der Waals surface area contributed by atoms with Crippen LogP contribution in [0.15, 0.2) is 11.1 Å². The fourth-order valence-corrected chi connectivity index (χ4v) is 2.50. The molecular weight excluding hydrogens is 292 g/mol. The quantitative estimate of drug-likeness (QED) is 0.657. The molecule has 0 fully saturated rings. The van der Waals surface area contributed by atoms with Crippen LogP contribution in [0.5, 0.6) is 0 Å². The third kappa shape index (κ3) is 4.10. The second-order valence-electron chi connectivity index (χ2n) is 6.71. The first-order valence-electron chi connectivity index (χ1n) is 7.80. The molecule has 5 heteroatoms. The van der Waals surface area contributed by atoms with Crippen molar-refractivity contribution in [1.82, 2.24) is 4.57 Å². The van der Waals surface area contributed by atoms with Crippen molar-refractivity contribution in [2.24, 2.45) is 4.99 Å². The minimum Gasteiger partial charge on any atom is -0.456 e. The van der Waals surface area contributed by atoms with Crippen LogP contribution in [0.25, 0.3) is 6.08 Å². The Morgan fingerprint density at radius 2 is 1.96 bits per heavy atom. The number of rotatable bonds is 5. The van der Waals surface area contributed by atoms with Crippen molar-refractivity contribution in [2.75, 3.05) is 0 Å². The normalized spacial score (nSPS) is 14.8. The Bertz CT molecular complexity index is 619. The van der Waals surface area contributed by atoms with Crippen LogP contribution < -0.4 is 0 Å². The summed E-state index contributed by atoms with van der Waals surface area (Å²) in [6.07, 6.45) is 3.07. The Morgan fingerprint density at radius 1 is 1.39 bits per heavy atom. The molecule has 1 aromatic heterocycles. The SMILES string of the molecule is C=Nc1c(/C=C\C)c(C(=O)OC(C)(C)C)c(C)n1C(C)C(C)O. The van der Waals surface area contributed by atoms with Gasteiger partial charge >= 0.3 is 5.97 Å². The van der Waals surface area contributed by atoms with Crippen molar-refractivity contribution in [1.29, 1.82) is 0 Å². The number of aliphatic hydroxyl groups is 1. The van der Waals surface area contributed by atoms with E-state index in [4.69, 9.17) is 4.74 Å². The molecule has 0 spiro atoms. The predicted octanol–water partition coefficient (Wildman–Crippen LogP) is 4.06. The van der Waals surface area contributed by atoms with Gasteiger partial charge in [0.15, 0.2) is 0 Å². The van der Waals surface area contributed by atoms with Crippen LogP contribution in [0.1, 0.15) is 69.2 Å². The van der Waals surface area contributed by atoms with Gasteiger partial charge in [-0.1, -0.05) is 12.2 Å². The minimum atomic E-state index is -0.591. The first-order valence-corrected chi connectivity index (χ1v) is 7.80. The lowest BCUT2D eigenvalue weighted by Crippen LogP contribution is -2.25. The van der Waals surface area contributed by atoms with Crippen molar-refractivity contribution >= 4 is 24.6 Å². The fraction of sp³-hybridized carbons (Fsp3) is 0.556. The summed E-state index contributed by atoms with van der Waals surface area (Å²) in [6, 6.07) is -0.240. The number of hydrogen-bond donors (Lipinski definition) is 1. The molecule has 5 nitrogen and oxygen atoms in total. The van der Waals surface area contributed by atoms with Crippen LogP contribution in [-0.4, -0.2) is 34.1 Å². The maximum atomic E-state index is 12.7. The lowest BCUT2D eigenvalue weighted by atomic mass is 10.1. The van der Waals surface area contributed by atoms with Crippen molar-refractivity contribution < 1.29 is 14.6 Å². The molecule has 1 N–H and O–H groups in total. The van der Waals surface area contributed by atoms with E-state index in [2.05, 4.69) is 11.7 Å². The molecule has 128 valence electrons. The summed E-state index contributed by atoms with van der Waals surface area (Å²) in [4.78, 5) is 16.8. The molecule has 0 saturated carbocycles. The van der Waals surface area contributed by atoms with Gasteiger partial charge in [-0.15, -0.1) is 0 Å². The van der Waals surface area contributed by atoms with Crippen LogP contribution in [0, 0.1) is 6.92 Å². The molecule has 0 aliphatic carbocycles. The van der Waals surface area contributed by atoms with Gasteiger partial charge in [-0.25, -0.2) is 9.79 Å². The molecule has 0 radical (unpaired) electrons. The summed E-state index contributed by atoms with van der Waals surface area (Å²) >= 11 is 0. The van der Waals surface area contributed by atoms with Crippen LogP contribution in [0.2, 0.25) is 0 Å². The van der Waals surface area contributed by atoms with Crippen molar-refractivity contribution in [2.45, 2.75) is 66.2 Å². The molecule has 0 saturated heterocycles. The van der Waals surface area contributed by atoms with Crippen LogP contribution >= 0.6 is 0 Å². The highest BCUT2D eigenvalue weighted by Gasteiger charge is 2.29. The largest absolute Gasteiger partial charge is 0.456 e. The summed E-state index contributed by atoms with van der Waals surface area (Å²) < 4.78 is 7.37. The van der Waals surface area contributed by atoms with E-state index in [0.717, 1.165) is 0 Å². The number of aliphatic imine (C=N–C) groups is 1. The predicted molar refractivity (Wildman–Crippen MR) is 94.6 cm³/mol. The standard InChI is InChI=1S/C18H28N2O3/c1-9-10-14-15(17(22)23-18(5,6)7)12(3)20(16(14)19-8)11(2)13(4)21/h9-11,13,21H,8H2,1-7H3/b10-9-. The van der Waals surface area contributed by atoms with Gasteiger partial charge in [0, 0.05) is 11.3 Å². The zero-order valence-corrected chi connectivity index (χ0v) is 15.2. The molecule has 0 amide bonds. The Balaban J connectivity index is 3.63. The lowest BCUT2D eigenvalue weighted by Gasteiger charge is -2.21. The van der Waals surface area contributed by atoms with Crippen molar-refractivity contribution in [3.05, 3.63) is 22.9 Å². The molecule has 23 heavy (non-hydrogen) atoms. The second kappa shape index (κ2) is 7.13. The number of aliphatic hydroxyl groups excluding tert-OH is 1. The molecule has 0 aliphatic rings. The Morgan fingerprint density at radius 3 is 2.35 bits per heavy atom. The van der Waals surface area contributed by atoms with Gasteiger partial charge in [-0.3, -0.25) is 0 Å². The Hall–Kier alpha value is -1.88. The summed E-state index contributed by atoms with van der Waals surface area (Å²) in [7, 11) is 0. The third-order valence-electron chi connectivity index (χ3n) is 3.65. The first-order chi connectivity index (χ1) is 10.5. The van der Waals surface area contributed by atoms with Crippen LogP contribution in [0.4, 0.5) is 5.82 Å². The number of allylic oxidation sites excluding steroid dienone is 1. The van der Waals surface area contributed by atoms with Gasteiger partial charge < -0.3 is 14.4 Å². The highest BCUT2D eigenvalue weighted by molar-refractivity contribution is 5.98. The van der Waals surface area contributed by atoms with Gasteiger partial charge in [0.2, 0.25) is 0 Å². The zero-order valence-electron chi connectivity index (χ0n) is 15.2. The first kappa shape index (κ1) is 19.2. The number of carbonyl (C=O) groups excluding carboxylic acids is 1. The Kier molecular flexibility index (Phi) is 5.94. The summed E-state index contributed by atoms with van der Waals surface area (Å²) in [5.41, 5.74) is 1.26. The van der Waals surface area contributed by atoms with Crippen molar-refractivity contribution in [3.8, 4) is 0 Å². The maximum Gasteiger partial charge on any atom is 0.341 e. The molecule has 0 bridgehead atoms. The number of carbonyl (C=O) groups is 1. The van der Waals surface area contributed by atoms with Gasteiger partial charge in [0.1, 0.15) is 11.4 Å².